The third-order valence-electron chi connectivity index (χ3n) is 6.90. The summed E-state index contributed by atoms with van der Waals surface area (Å²) in [7, 11) is 1.55. The van der Waals surface area contributed by atoms with Crippen LogP contribution in [0.25, 0.3) is 17.0 Å². The molecule has 5 rings (SSSR count). The van der Waals surface area contributed by atoms with Crippen molar-refractivity contribution in [3.63, 3.8) is 0 Å². The SMILES string of the molecule is COCCOC(=O)C1=C(C)N=c2sc(=Cc3c(C)[nH]c4ccccc34)c(=O)n2C1c1ccc(C(C)C)cc1. The number of aromatic nitrogens is 2. The molecule has 2 aromatic carbocycles. The average molecular weight is 530 g/mol. The molecule has 196 valence electrons. The molecule has 1 aliphatic heterocycles. The Labute approximate surface area is 224 Å². The van der Waals surface area contributed by atoms with E-state index >= 15 is 0 Å². The molecule has 1 N–H and O–H groups in total. The minimum Gasteiger partial charge on any atom is -0.460 e. The van der Waals surface area contributed by atoms with E-state index in [0.717, 1.165) is 27.7 Å². The van der Waals surface area contributed by atoms with Gasteiger partial charge in [0, 0.05) is 29.3 Å². The number of methoxy groups -OCH3 is 1. The Hall–Kier alpha value is -3.75. The summed E-state index contributed by atoms with van der Waals surface area (Å²) in [5, 5.41) is 1.05. The third kappa shape index (κ3) is 4.66. The molecule has 2 aromatic heterocycles. The van der Waals surface area contributed by atoms with Crippen molar-refractivity contribution in [1.82, 2.24) is 9.55 Å². The molecule has 0 saturated carbocycles. The summed E-state index contributed by atoms with van der Waals surface area (Å²) in [5.41, 5.74) is 5.70. The van der Waals surface area contributed by atoms with Crippen molar-refractivity contribution in [1.29, 1.82) is 0 Å². The Kier molecular flexibility index (Phi) is 7.19. The van der Waals surface area contributed by atoms with Crippen LogP contribution in [0.3, 0.4) is 0 Å². The Bertz CT molecular complexity index is 1720. The first-order valence-electron chi connectivity index (χ1n) is 12.7. The van der Waals surface area contributed by atoms with E-state index < -0.39 is 12.0 Å². The van der Waals surface area contributed by atoms with Gasteiger partial charge in [-0.05, 0) is 43.0 Å². The highest BCUT2D eigenvalue weighted by atomic mass is 32.1. The summed E-state index contributed by atoms with van der Waals surface area (Å²) in [5.74, 6) is -0.135. The summed E-state index contributed by atoms with van der Waals surface area (Å²) in [4.78, 5) is 35.9. The number of benzene rings is 2. The number of fused-ring (bicyclic) bond motifs is 2. The molecular formula is C30H31N3O4S. The Morgan fingerprint density at radius 2 is 1.87 bits per heavy atom. The van der Waals surface area contributed by atoms with Crippen LogP contribution in [-0.2, 0) is 14.3 Å². The monoisotopic (exact) mass is 529 g/mol. The third-order valence-corrected chi connectivity index (χ3v) is 7.88. The van der Waals surface area contributed by atoms with Crippen LogP contribution in [-0.4, -0.2) is 35.8 Å². The number of carbonyl (C=O) groups excluding carboxylic acids is 1. The van der Waals surface area contributed by atoms with Crippen molar-refractivity contribution in [3.05, 3.63) is 102 Å². The lowest BCUT2D eigenvalue weighted by molar-refractivity contribution is -0.140. The predicted octanol–water partition coefficient (Wildman–Crippen LogP) is 4.34. The summed E-state index contributed by atoms with van der Waals surface area (Å²) < 4.78 is 12.7. The summed E-state index contributed by atoms with van der Waals surface area (Å²) in [6.07, 6.45) is 1.92. The minimum atomic E-state index is -0.645. The highest BCUT2D eigenvalue weighted by Gasteiger charge is 2.33. The molecule has 8 heteroatoms. The van der Waals surface area contributed by atoms with Gasteiger partial charge in [0.05, 0.1) is 28.5 Å². The zero-order valence-corrected chi connectivity index (χ0v) is 23.0. The van der Waals surface area contributed by atoms with Crippen molar-refractivity contribution < 1.29 is 14.3 Å². The molecule has 0 saturated heterocycles. The number of H-pyrrole nitrogens is 1. The molecule has 0 radical (unpaired) electrons. The Morgan fingerprint density at radius 3 is 2.58 bits per heavy atom. The Balaban J connectivity index is 1.69. The van der Waals surface area contributed by atoms with Crippen molar-refractivity contribution in [2.75, 3.05) is 20.3 Å². The topological polar surface area (TPSA) is 85.7 Å². The number of carbonyl (C=O) groups is 1. The highest BCUT2D eigenvalue weighted by molar-refractivity contribution is 7.07. The fourth-order valence-corrected chi connectivity index (χ4v) is 5.90. The summed E-state index contributed by atoms with van der Waals surface area (Å²) >= 11 is 1.33. The van der Waals surface area contributed by atoms with Gasteiger partial charge in [0.25, 0.3) is 5.56 Å². The minimum absolute atomic E-state index is 0.120. The van der Waals surface area contributed by atoms with E-state index in [4.69, 9.17) is 14.5 Å². The molecule has 0 spiro atoms. The van der Waals surface area contributed by atoms with Crippen LogP contribution >= 0.6 is 11.3 Å². The van der Waals surface area contributed by atoms with E-state index in [1.807, 2.05) is 61.5 Å². The molecule has 38 heavy (non-hydrogen) atoms. The number of aromatic amines is 1. The second-order valence-corrected chi connectivity index (χ2v) is 10.8. The number of para-hydroxylation sites is 1. The number of allylic oxidation sites excluding steroid dienone is 1. The van der Waals surface area contributed by atoms with E-state index in [-0.39, 0.29) is 18.8 Å². The molecule has 0 amide bonds. The second kappa shape index (κ2) is 10.6. The largest absolute Gasteiger partial charge is 0.460 e. The lowest BCUT2D eigenvalue weighted by Crippen LogP contribution is -2.40. The second-order valence-electron chi connectivity index (χ2n) is 9.74. The van der Waals surface area contributed by atoms with Gasteiger partial charge >= 0.3 is 5.97 Å². The molecule has 3 heterocycles. The first kappa shape index (κ1) is 25.9. The van der Waals surface area contributed by atoms with Crippen LogP contribution in [0, 0.1) is 6.92 Å². The van der Waals surface area contributed by atoms with E-state index in [1.54, 1.807) is 18.6 Å². The molecular weight excluding hydrogens is 498 g/mol. The maximum Gasteiger partial charge on any atom is 0.338 e. The maximum absolute atomic E-state index is 14.0. The van der Waals surface area contributed by atoms with Crippen LogP contribution in [0.1, 0.15) is 55.1 Å². The molecule has 0 fully saturated rings. The molecule has 1 aliphatic rings. The molecule has 1 unspecified atom stereocenters. The molecule has 1 atom stereocenters. The van der Waals surface area contributed by atoms with Gasteiger partial charge in [-0.15, -0.1) is 0 Å². The van der Waals surface area contributed by atoms with Crippen molar-refractivity contribution in [3.8, 4) is 0 Å². The van der Waals surface area contributed by atoms with Crippen LogP contribution in [0.2, 0.25) is 0 Å². The fourth-order valence-electron chi connectivity index (χ4n) is 4.87. The quantitative estimate of drug-likeness (QED) is 0.285. The molecule has 0 aliphatic carbocycles. The smallest absolute Gasteiger partial charge is 0.338 e. The van der Waals surface area contributed by atoms with E-state index in [0.29, 0.717) is 26.5 Å². The van der Waals surface area contributed by atoms with Gasteiger partial charge in [0.15, 0.2) is 4.80 Å². The van der Waals surface area contributed by atoms with Crippen molar-refractivity contribution in [2.24, 2.45) is 4.99 Å². The van der Waals surface area contributed by atoms with Gasteiger partial charge < -0.3 is 14.5 Å². The van der Waals surface area contributed by atoms with Crippen LogP contribution in [0.5, 0.6) is 0 Å². The van der Waals surface area contributed by atoms with Gasteiger partial charge in [0.2, 0.25) is 0 Å². The van der Waals surface area contributed by atoms with Crippen LogP contribution in [0.4, 0.5) is 0 Å². The van der Waals surface area contributed by atoms with Crippen LogP contribution < -0.4 is 14.9 Å². The number of nitrogens with one attached hydrogen (secondary N) is 1. The number of thiazole rings is 1. The van der Waals surface area contributed by atoms with Crippen molar-refractivity contribution in [2.45, 2.75) is 39.7 Å². The predicted molar refractivity (Wildman–Crippen MR) is 150 cm³/mol. The van der Waals surface area contributed by atoms with Gasteiger partial charge in [-0.1, -0.05) is 67.6 Å². The van der Waals surface area contributed by atoms with Gasteiger partial charge in [0.1, 0.15) is 6.61 Å². The van der Waals surface area contributed by atoms with Crippen molar-refractivity contribution >= 4 is 34.3 Å². The normalized spacial score (nSPS) is 15.7. The summed E-state index contributed by atoms with van der Waals surface area (Å²) in [6, 6.07) is 15.5. The highest BCUT2D eigenvalue weighted by Crippen LogP contribution is 2.31. The zero-order valence-electron chi connectivity index (χ0n) is 22.2. The number of hydrogen-bond acceptors (Lipinski definition) is 6. The average Bonchev–Trinajstić information content (AvgIpc) is 3.38. The first-order valence-corrected chi connectivity index (χ1v) is 13.5. The van der Waals surface area contributed by atoms with E-state index in [1.165, 1.54) is 16.9 Å². The lowest BCUT2D eigenvalue weighted by atomic mass is 9.93. The number of aryl methyl sites for hydroxylation is 1. The summed E-state index contributed by atoms with van der Waals surface area (Å²) in [6.45, 7) is 8.47. The van der Waals surface area contributed by atoms with E-state index in [9.17, 15) is 9.59 Å². The molecule has 0 bridgehead atoms. The van der Waals surface area contributed by atoms with Gasteiger partial charge in [-0.2, -0.15) is 0 Å². The van der Waals surface area contributed by atoms with Crippen LogP contribution in [0.15, 0.2) is 69.6 Å². The van der Waals surface area contributed by atoms with Gasteiger partial charge in [-0.3, -0.25) is 9.36 Å². The van der Waals surface area contributed by atoms with E-state index in [2.05, 4.69) is 18.8 Å². The number of nitrogens with zero attached hydrogens (tertiary/aromatic N) is 2. The standard InChI is InChI=1S/C30H31N3O4S/c1-17(2)20-10-12-21(13-11-20)27-26(29(35)37-15-14-36-5)19(4)32-30-33(27)28(34)25(38-30)16-23-18(3)31-24-9-7-6-8-22(23)24/h6-13,16-17,27,31H,14-15H2,1-5H3. The number of hydrogen-bond donors (Lipinski definition) is 1. The lowest BCUT2D eigenvalue weighted by Gasteiger charge is -2.25. The number of rotatable bonds is 7. The first-order chi connectivity index (χ1) is 18.3. The fraction of sp³-hybridized carbons (Fsp3) is 0.300. The Morgan fingerprint density at radius 1 is 1.13 bits per heavy atom. The maximum atomic E-state index is 14.0. The number of esters is 1. The number of ether oxygens (including phenoxy) is 2. The molecule has 7 nitrogen and oxygen atoms in total. The zero-order chi connectivity index (χ0) is 27.0. The molecule has 4 aromatic rings. The van der Waals surface area contributed by atoms with Gasteiger partial charge in [-0.25, -0.2) is 9.79 Å².